The van der Waals surface area contributed by atoms with Gasteiger partial charge in [-0.1, -0.05) is 24.3 Å². The van der Waals surface area contributed by atoms with Crippen LogP contribution < -0.4 is 0 Å². The summed E-state index contributed by atoms with van der Waals surface area (Å²) in [6.45, 7) is 0. The maximum Gasteiger partial charge on any atom is 0.231 e. The molecule has 0 atom stereocenters. The summed E-state index contributed by atoms with van der Waals surface area (Å²) in [7, 11) is -3.46. The second-order valence-electron chi connectivity index (χ2n) is 3.23. The first kappa shape index (κ1) is 11.5. The zero-order chi connectivity index (χ0) is 11.9. The smallest absolute Gasteiger partial charge is 0.231 e. The second-order valence-corrected chi connectivity index (χ2v) is 8.03. The maximum absolute atomic E-state index is 11.6. The van der Waals surface area contributed by atoms with E-state index in [1.54, 1.807) is 18.2 Å². The van der Waals surface area contributed by atoms with Crippen LogP contribution in [0.1, 0.15) is 15.9 Å². The van der Waals surface area contributed by atoms with Crippen LogP contribution in [-0.2, 0) is 7.01 Å². The van der Waals surface area contributed by atoms with E-state index >= 15 is 0 Å². The van der Waals surface area contributed by atoms with Gasteiger partial charge in [-0.15, -0.1) is 0 Å². The van der Waals surface area contributed by atoms with Gasteiger partial charge in [-0.3, -0.25) is 10.2 Å². The quantitative estimate of drug-likeness (QED) is 0.624. The van der Waals surface area contributed by atoms with E-state index in [1.165, 1.54) is 27.3 Å². The Morgan fingerprint density at radius 3 is 2.25 bits per heavy atom. The van der Waals surface area contributed by atoms with Crippen molar-refractivity contribution >= 4 is 44.6 Å². The Labute approximate surface area is 104 Å². The van der Waals surface area contributed by atoms with Gasteiger partial charge in [-0.25, -0.2) is 8.42 Å². The highest BCUT2D eigenvalue weighted by Crippen LogP contribution is 2.32. The average molecular weight is 347 g/mol. The molecule has 0 saturated carbocycles. The first-order valence-corrected chi connectivity index (χ1v) is 8.33. The lowest BCUT2D eigenvalue weighted by atomic mass is 9.95. The average Bonchev–Trinajstić information content (AvgIpc) is 2.22. The van der Waals surface area contributed by atoms with Crippen molar-refractivity contribution in [2.24, 2.45) is 0 Å². The Bertz CT molecular complexity index is 631. The molecule has 0 bridgehead atoms. The van der Waals surface area contributed by atoms with E-state index in [0.717, 1.165) is 6.08 Å². The molecule has 0 saturated heterocycles. The van der Waals surface area contributed by atoms with Gasteiger partial charge in [-0.05, 0) is 6.08 Å². The van der Waals surface area contributed by atoms with Crippen LogP contribution in [0.15, 0.2) is 30.3 Å². The molecule has 0 amide bonds. The highest BCUT2D eigenvalue weighted by molar-refractivity contribution is 14.2. The van der Waals surface area contributed by atoms with E-state index in [4.69, 9.17) is 5.41 Å². The molecule has 0 radical (unpaired) electrons. The Morgan fingerprint density at radius 2 is 1.69 bits per heavy atom. The minimum atomic E-state index is -3.46. The number of benzene rings is 1. The molecule has 82 valence electrons. The highest BCUT2D eigenvalue weighted by atomic mass is 127. The lowest BCUT2D eigenvalue weighted by Crippen LogP contribution is -2.19. The van der Waals surface area contributed by atoms with Gasteiger partial charge in [0.15, 0.2) is 0 Å². The first-order chi connectivity index (χ1) is 7.41. The van der Waals surface area contributed by atoms with Gasteiger partial charge in [0.1, 0.15) is 5.71 Å². The molecule has 0 heterocycles. The van der Waals surface area contributed by atoms with Gasteiger partial charge < -0.3 is 0 Å². The van der Waals surface area contributed by atoms with Crippen molar-refractivity contribution in [1.82, 2.24) is 0 Å². The number of Topliss-reactive ketones (excluding diaryl/α,β-unsaturated/α-hetero) is 1. The summed E-state index contributed by atoms with van der Waals surface area (Å²) in [6, 6.07) is 6.41. The predicted molar refractivity (Wildman–Crippen MR) is 69.4 cm³/mol. The van der Waals surface area contributed by atoms with Crippen molar-refractivity contribution in [1.29, 1.82) is 5.41 Å². The number of carbonyl (C=O) groups is 1. The summed E-state index contributed by atoms with van der Waals surface area (Å²) in [5, 5.41) is 7.44. The number of hydrogen-bond donors (Lipinski definition) is 1. The van der Waals surface area contributed by atoms with Gasteiger partial charge in [-0.2, -0.15) is 0 Å². The Kier molecular flexibility index (Phi) is 2.70. The van der Waals surface area contributed by atoms with Crippen molar-refractivity contribution in [3.8, 4) is 0 Å². The van der Waals surface area contributed by atoms with Crippen molar-refractivity contribution < 1.29 is 13.2 Å². The minimum absolute atomic E-state index is 0.0216. The molecule has 2 rings (SSSR count). The number of nitrogens with one attached hydrogen (secondary N) is 1. The van der Waals surface area contributed by atoms with Crippen molar-refractivity contribution in [2.45, 2.75) is 0 Å². The number of fused-ring (bicyclic) bond motifs is 1. The number of ketones is 1. The molecule has 0 unspecified atom stereocenters. The van der Waals surface area contributed by atoms with Gasteiger partial charge in [0.25, 0.3) is 0 Å². The molecule has 1 aromatic carbocycles. The molecule has 0 spiro atoms. The number of halogens is 1. The molecule has 4 nitrogen and oxygen atoms in total. The molecule has 0 aliphatic heterocycles. The summed E-state index contributed by atoms with van der Waals surface area (Å²) in [5.41, 5.74) is 0.345. The van der Waals surface area contributed by atoms with Crippen molar-refractivity contribution in [3.05, 3.63) is 41.5 Å². The fraction of sp³-hybridized carbons (Fsp3) is 0. The van der Waals surface area contributed by atoms with Crippen molar-refractivity contribution in [2.75, 3.05) is 0 Å². The number of carbonyl (C=O) groups excluding carboxylic acids is 1. The van der Waals surface area contributed by atoms with Crippen LogP contribution in [0.4, 0.5) is 0 Å². The van der Waals surface area contributed by atoms with Crippen LogP contribution in [-0.4, -0.2) is 19.9 Å². The SMILES string of the molecule is N=C1C=C(S(=O)(=O)I)c2ccccc2C1=O. The zero-order valence-corrected chi connectivity index (χ0v) is 10.9. The number of hydrogen-bond acceptors (Lipinski definition) is 4. The van der Waals surface area contributed by atoms with Crippen LogP contribution in [0.5, 0.6) is 0 Å². The number of rotatable bonds is 1. The minimum Gasteiger partial charge on any atom is -0.297 e. The molecular weight excluding hydrogens is 341 g/mol. The maximum atomic E-state index is 11.6. The Balaban J connectivity index is 2.80. The lowest BCUT2D eigenvalue weighted by molar-refractivity contribution is 0.106. The van der Waals surface area contributed by atoms with Crippen LogP contribution in [0.3, 0.4) is 0 Å². The van der Waals surface area contributed by atoms with E-state index in [9.17, 15) is 13.2 Å². The largest absolute Gasteiger partial charge is 0.297 e. The monoisotopic (exact) mass is 347 g/mol. The summed E-state index contributed by atoms with van der Waals surface area (Å²) >= 11 is 1.31. The Hall–Kier alpha value is -1.02. The predicted octanol–water partition coefficient (Wildman–Crippen LogP) is 2.01. The van der Waals surface area contributed by atoms with E-state index in [-0.39, 0.29) is 16.2 Å². The van der Waals surface area contributed by atoms with E-state index in [2.05, 4.69) is 0 Å². The van der Waals surface area contributed by atoms with Crippen LogP contribution in [0, 0.1) is 5.41 Å². The molecule has 0 aromatic heterocycles. The van der Waals surface area contributed by atoms with Gasteiger partial charge in [0, 0.05) is 11.1 Å². The molecule has 0 fully saturated rings. The van der Waals surface area contributed by atoms with E-state index < -0.39 is 12.8 Å². The third-order valence-electron chi connectivity index (χ3n) is 2.22. The van der Waals surface area contributed by atoms with Gasteiger partial charge in [0.2, 0.25) is 12.8 Å². The fourth-order valence-electron chi connectivity index (χ4n) is 1.52. The lowest BCUT2D eigenvalue weighted by Gasteiger charge is -2.14. The van der Waals surface area contributed by atoms with E-state index in [0.29, 0.717) is 5.56 Å². The molecule has 16 heavy (non-hydrogen) atoms. The third kappa shape index (κ3) is 1.82. The standard InChI is InChI=1S/C10H6INO3S/c11-16(14,15)9-5-8(12)10(13)7-4-2-1-3-6(7)9/h1-5,12H. The molecule has 1 N–H and O–H groups in total. The molecule has 1 aliphatic rings. The highest BCUT2D eigenvalue weighted by Gasteiger charge is 2.28. The number of allylic oxidation sites excluding steroid dienone is 1. The Morgan fingerprint density at radius 1 is 1.12 bits per heavy atom. The van der Waals surface area contributed by atoms with Gasteiger partial charge >= 0.3 is 0 Å². The third-order valence-corrected chi connectivity index (χ3v) is 4.51. The topological polar surface area (TPSA) is 75.1 Å². The molecule has 6 heteroatoms. The summed E-state index contributed by atoms with van der Waals surface area (Å²) in [4.78, 5) is 11.6. The normalized spacial score (nSPS) is 15.7. The zero-order valence-electron chi connectivity index (χ0n) is 7.90. The second kappa shape index (κ2) is 3.77. The molecule has 1 aromatic rings. The first-order valence-electron chi connectivity index (χ1n) is 4.30. The summed E-state index contributed by atoms with van der Waals surface area (Å²) < 4.78 is 23.0. The summed E-state index contributed by atoms with van der Waals surface area (Å²) in [5.74, 6) is -0.445. The van der Waals surface area contributed by atoms with Gasteiger partial charge in [0.05, 0.1) is 26.1 Å². The summed E-state index contributed by atoms with van der Waals surface area (Å²) in [6.07, 6.45) is 1.10. The molecular formula is C10H6INO3S. The van der Waals surface area contributed by atoms with E-state index in [1.807, 2.05) is 0 Å². The van der Waals surface area contributed by atoms with Crippen LogP contribution >= 0.6 is 21.2 Å². The van der Waals surface area contributed by atoms with Crippen LogP contribution in [0.25, 0.3) is 4.91 Å². The van der Waals surface area contributed by atoms with Crippen molar-refractivity contribution in [3.63, 3.8) is 0 Å². The molecule has 1 aliphatic carbocycles. The fourth-order valence-corrected chi connectivity index (χ4v) is 3.31. The van der Waals surface area contributed by atoms with Crippen LogP contribution in [0.2, 0.25) is 0 Å².